The summed E-state index contributed by atoms with van der Waals surface area (Å²) in [5.41, 5.74) is -1.74. The monoisotopic (exact) mass is 291 g/mol. The summed E-state index contributed by atoms with van der Waals surface area (Å²) in [6.45, 7) is 0. The maximum Gasteiger partial charge on any atom is 0.343 e. The molecular formula is C14H13NO6. The van der Waals surface area contributed by atoms with Crippen LogP contribution in [0.1, 0.15) is 16.8 Å². The summed E-state index contributed by atoms with van der Waals surface area (Å²) in [6.07, 6.45) is -1.30. The van der Waals surface area contributed by atoms with E-state index >= 15 is 0 Å². The van der Waals surface area contributed by atoms with Crippen molar-refractivity contribution >= 4 is 24.1 Å². The standard InChI is InChI=1S/C14H13NO6/c1-20-13(19)14(8-16)10(7-11(17)15-14)21-12(18)9-5-3-2-4-6-9/h2-6,8,10H,7H2,1H3,(H,15,17)/t10-,14+/m0/s1. The van der Waals surface area contributed by atoms with Crippen LogP contribution in [0.15, 0.2) is 30.3 Å². The first-order valence-corrected chi connectivity index (χ1v) is 6.15. The van der Waals surface area contributed by atoms with Crippen molar-refractivity contribution in [2.24, 2.45) is 0 Å². The smallest absolute Gasteiger partial charge is 0.343 e. The zero-order chi connectivity index (χ0) is 15.5. The summed E-state index contributed by atoms with van der Waals surface area (Å²) >= 11 is 0. The minimum absolute atomic E-state index is 0.229. The van der Waals surface area contributed by atoms with Crippen molar-refractivity contribution in [2.75, 3.05) is 7.11 Å². The van der Waals surface area contributed by atoms with Crippen molar-refractivity contribution in [1.29, 1.82) is 0 Å². The first-order chi connectivity index (χ1) is 10.0. The van der Waals surface area contributed by atoms with E-state index in [4.69, 9.17) is 4.74 Å². The van der Waals surface area contributed by atoms with Crippen molar-refractivity contribution in [3.63, 3.8) is 0 Å². The van der Waals surface area contributed by atoms with Crippen LogP contribution in [0.4, 0.5) is 0 Å². The van der Waals surface area contributed by atoms with E-state index in [0.29, 0.717) is 0 Å². The van der Waals surface area contributed by atoms with Crippen molar-refractivity contribution in [2.45, 2.75) is 18.1 Å². The molecule has 0 radical (unpaired) electrons. The van der Waals surface area contributed by atoms with Gasteiger partial charge in [-0.25, -0.2) is 9.59 Å². The lowest BCUT2D eigenvalue weighted by atomic mass is 9.96. The minimum Gasteiger partial charge on any atom is -0.467 e. The molecule has 0 unspecified atom stereocenters. The largest absolute Gasteiger partial charge is 0.467 e. The number of hydrogen-bond donors (Lipinski definition) is 1. The first-order valence-electron chi connectivity index (χ1n) is 6.15. The third-order valence-corrected chi connectivity index (χ3v) is 3.19. The van der Waals surface area contributed by atoms with Gasteiger partial charge in [-0.15, -0.1) is 0 Å². The molecule has 110 valence electrons. The van der Waals surface area contributed by atoms with Crippen LogP contribution < -0.4 is 5.32 Å². The number of hydrogen-bond acceptors (Lipinski definition) is 6. The first kappa shape index (κ1) is 14.7. The van der Waals surface area contributed by atoms with Crippen molar-refractivity contribution in [3.8, 4) is 0 Å². The fourth-order valence-corrected chi connectivity index (χ4v) is 2.10. The molecule has 21 heavy (non-hydrogen) atoms. The van der Waals surface area contributed by atoms with Crippen LogP contribution in [-0.2, 0) is 23.9 Å². The number of esters is 2. The molecule has 1 fully saturated rings. The molecule has 1 aromatic carbocycles. The van der Waals surface area contributed by atoms with Gasteiger partial charge in [-0.3, -0.25) is 9.59 Å². The van der Waals surface area contributed by atoms with Gasteiger partial charge < -0.3 is 14.8 Å². The van der Waals surface area contributed by atoms with Gasteiger partial charge in [0.05, 0.1) is 19.1 Å². The van der Waals surface area contributed by atoms with Gasteiger partial charge in [0.1, 0.15) is 0 Å². The van der Waals surface area contributed by atoms with Crippen molar-refractivity contribution in [1.82, 2.24) is 5.32 Å². The van der Waals surface area contributed by atoms with E-state index in [1.165, 1.54) is 12.1 Å². The summed E-state index contributed by atoms with van der Waals surface area (Å²) in [7, 11) is 1.08. The van der Waals surface area contributed by atoms with E-state index in [1.54, 1.807) is 18.2 Å². The molecule has 1 aromatic rings. The number of aldehydes is 1. The summed E-state index contributed by atoms with van der Waals surface area (Å²) in [5.74, 6) is -2.28. The highest BCUT2D eigenvalue weighted by atomic mass is 16.6. The lowest BCUT2D eigenvalue weighted by Crippen LogP contribution is -2.58. The summed E-state index contributed by atoms with van der Waals surface area (Å²) in [6, 6.07) is 8.05. The lowest BCUT2D eigenvalue weighted by Gasteiger charge is -2.25. The molecule has 1 amide bonds. The molecule has 7 heteroatoms. The molecule has 0 aromatic heterocycles. The molecule has 0 aliphatic carbocycles. The number of benzene rings is 1. The summed E-state index contributed by atoms with van der Waals surface area (Å²) < 4.78 is 9.66. The fourth-order valence-electron chi connectivity index (χ4n) is 2.10. The van der Waals surface area contributed by atoms with Crippen LogP contribution in [0.25, 0.3) is 0 Å². The topological polar surface area (TPSA) is 98.8 Å². The van der Waals surface area contributed by atoms with Crippen LogP contribution in [0.3, 0.4) is 0 Å². The highest BCUT2D eigenvalue weighted by Crippen LogP contribution is 2.25. The van der Waals surface area contributed by atoms with Gasteiger partial charge in [0.25, 0.3) is 0 Å². The van der Waals surface area contributed by atoms with E-state index < -0.39 is 29.5 Å². The van der Waals surface area contributed by atoms with E-state index in [1.807, 2.05) is 0 Å². The molecule has 1 aliphatic rings. The third-order valence-electron chi connectivity index (χ3n) is 3.19. The van der Waals surface area contributed by atoms with E-state index in [0.717, 1.165) is 7.11 Å². The maximum absolute atomic E-state index is 12.0. The SMILES string of the molecule is COC(=O)[C@]1(C=O)NC(=O)C[C@@H]1OC(=O)c1ccccc1. The van der Waals surface area contributed by atoms with Gasteiger partial charge in [-0.2, -0.15) is 0 Å². The Bertz CT molecular complexity index is 584. The highest BCUT2D eigenvalue weighted by molar-refractivity contribution is 6.06. The number of nitrogens with one attached hydrogen (secondary N) is 1. The van der Waals surface area contributed by atoms with E-state index in [9.17, 15) is 19.2 Å². The summed E-state index contributed by atoms with van der Waals surface area (Å²) in [5, 5.41) is 2.22. The number of ether oxygens (including phenoxy) is 2. The van der Waals surface area contributed by atoms with Gasteiger partial charge >= 0.3 is 11.9 Å². The number of carbonyl (C=O) groups excluding carboxylic acids is 4. The predicted octanol–water partition coefficient (Wildman–Crippen LogP) is -0.157. The van der Waals surface area contributed by atoms with Crippen LogP contribution in [-0.4, -0.2) is 42.9 Å². The normalized spacial score (nSPS) is 24.0. The van der Waals surface area contributed by atoms with Gasteiger partial charge in [0.2, 0.25) is 11.4 Å². The molecule has 1 heterocycles. The Balaban J connectivity index is 2.25. The van der Waals surface area contributed by atoms with Crippen molar-refractivity contribution < 1.29 is 28.7 Å². The second-order valence-corrected chi connectivity index (χ2v) is 4.49. The summed E-state index contributed by atoms with van der Waals surface area (Å²) in [4.78, 5) is 46.6. The Morgan fingerprint density at radius 2 is 2.00 bits per heavy atom. The van der Waals surface area contributed by atoms with E-state index in [-0.39, 0.29) is 18.3 Å². The van der Waals surface area contributed by atoms with E-state index in [2.05, 4.69) is 10.1 Å². The molecule has 0 spiro atoms. The second kappa shape index (κ2) is 5.74. The number of rotatable bonds is 4. The van der Waals surface area contributed by atoms with Gasteiger partial charge in [-0.05, 0) is 12.1 Å². The number of amides is 1. The van der Waals surface area contributed by atoms with Crippen LogP contribution in [0, 0.1) is 0 Å². The van der Waals surface area contributed by atoms with Gasteiger partial charge in [-0.1, -0.05) is 18.2 Å². The molecule has 1 N–H and O–H groups in total. The van der Waals surface area contributed by atoms with Crippen LogP contribution >= 0.6 is 0 Å². The molecule has 1 aliphatic heterocycles. The van der Waals surface area contributed by atoms with Gasteiger partial charge in [0, 0.05) is 0 Å². The molecule has 0 bridgehead atoms. The number of methoxy groups -OCH3 is 1. The average Bonchev–Trinajstić information content (AvgIpc) is 2.84. The Morgan fingerprint density at radius 3 is 2.57 bits per heavy atom. The quantitative estimate of drug-likeness (QED) is 0.470. The zero-order valence-corrected chi connectivity index (χ0v) is 11.2. The molecule has 1 saturated heterocycles. The number of carbonyl (C=O) groups is 4. The van der Waals surface area contributed by atoms with Crippen LogP contribution in [0.2, 0.25) is 0 Å². The predicted molar refractivity (Wildman–Crippen MR) is 69.2 cm³/mol. The molecule has 2 atom stereocenters. The minimum atomic E-state index is -1.99. The Morgan fingerprint density at radius 1 is 1.33 bits per heavy atom. The molecule has 0 saturated carbocycles. The zero-order valence-electron chi connectivity index (χ0n) is 11.2. The van der Waals surface area contributed by atoms with Crippen LogP contribution in [0.5, 0.6) is 0 Å². The second-order valence-electron chi connectivity index (χ2n) is 4.49. The Labute approximate surface area is 120 Å². The molecule has 2 rings (SSSR count). The molecule has 7 nitrogen and oxygen atoms in total. The fraction of sp³-hybridized carbons (Fsp3) is 0.286. The average molecular weight is 291 g/mol. The van der Waals surface area contributed by atoms with Gasteiger partial charge in [0.15, 0.2) is 12.4 Å². The maximum atomic E-state index is 12.0. The van der Waals surface area contributed by atoms with Crippen molar-refractivity contribution in [3.05, 3.63) is 35.9 Å². The Kier molecular flexibility index (Phi) is 4.02. The third kappa shape index (κ3) is 2.62. The lowest BCUT2D eigenvalue weighted by molar-refractivity contribution is -0.154. The highest BCUT2D eigenvalue weighted by Gasteiger charge is 2.56. The molecular weight excluding hydrogens is 278 g/mol. The Hall–Kier alpha value is -2.70.